The quantitative estimate of drug-likeness (QED) is 0.789. The Bertz CT molecular complexity index is 663. The van der Waals surface area contributed by atoms with Crippen LogP contribution in [-0.2, 0) is 0 Å². The van der Waals surface area contributed by atoms with Gasteiger partial charge in [-0.25, -0.2) is 4.98 Å². The summed E-state index contributed by atoms with van der Waals surface area (Å²) in [6.45, 7) is 13.7. The molecule has 0 aliphatic carbocycles. The average Bonchev–Trinajstić information content (AvgIpc) is 2.47. The van der Waals surface area contributed by atoms with Crippen molar-refractivity contribution in [2.24, 2.45) is 0 Å². The van der Waals surface area contributed by atoms with Crippen LogP contribution in [0, 0.1) is 6.92 Å². The summed E-state index contributed by atoms with van der Waals surface area (Å²) in [5, 5.41) is 7.60. The predicted molar refractivity (Wildman–Crippen MR) is 90.8 cm³/mol. The first-order valence-electron chi connectivity index (χ1n) is 7.10. The molecule has 2 atom stereocenters. The van der Waals surface area contributed by atoms with E-state index in [1.807, 2.05) is 32.1 Å². The number of nitrogens with one attached hydrogen (secondary N) is 2. The van der Waals surface area contributed by atoms with Crippen LogP contribution in [0.4, 0.5) is 11.8 Å². The first-order chi connectivity index (χ1) is 10.0. The molecule has 0 saturated heterocycles. The van der Waals surface area contributed by atoms with E-state index in [9.17, 15) is 0 Å². The molecule has 21 heavy (non-hydrogen) atoms. The molecular formula is C17H22N4. The maximum atomic E-state index is 4.59. The number of hydrogen-bond donors (Lipinski definition) is 2. The van der Waals surface area contributed by atoms with Crippen LogP contribution in [0.1, 0.15) is 19.4 Å². The maximum absolute atomic E-state index is 4.59. The van der Waals surface area contributed by atoms with Crippen molar-refractivity contribution in [3.8, 4) is 0 Å². The summed E-state index contributed by atoms with van der Waals surface area (Å²) < 4.78 is 0. The molecular weight excluding hydrogens is 260 g/mol. The largest absolute Gasteiger partial charge is 0.363 e. The molecule has 0 spiro atoms. The third kappa shape index (κ3) is 3.60. The van der Waals surface area contributed by atoms with Gasteiger partial charge in [0.15, 0.2) is 0 Å². The Hall–Kier alpha value is -2.36. The summed E-state index contributed by atoms with van der Waals surface area (Å²) in [4.78, 5) is 9.15. The zero-order valence-corrected chi connectivity index (χ0v) is 12.9. The van der Waals surface area contributed by atoms with Gasteiger partial charge in [0.2, 0.25) is 5.95 Å². The number of hydrogen-bond acceptors (Lipinski definition) is 4. The number of benzene rings is 1. The van der Waals surface area contributed by atoms with Gasteiger partial charge in [-0.3, -0.25) is 0 Å². The molecule has 2 rings (SSSR count). The standard InChI is InChI=1S/C17H22N4/c1-6-12(4)18-16-14-10-11(3)8-9-15(14)20-17(21-16)19-13(5)7-2/h6-10,12-13H,1-2H2,3-5H3,(H2,18,19,20,21). The Balaban J connectivity index is 2.51. The fourth-order valence-electron chi connectivity index (χ4n) is 1.95. The molecule has 2 unspecified atom stereocenters. The van der Waals surface area contributed by atoms with Crippen LogP contribution in [-0.4, -0.2) is 22.1 Å². The number of nitrogens with zero attached hydrogens (tertiary/aromatic N) is 2. The highest BCUT2D eigenvalue weighted by atomic mass is 15.2. The molecule has 1 heterocycles. The molecule has 0 bridgehead atoms. The Morgan fingerprint density at radius 1 is 1.05 bits per heavy atom. The van der Waals surface area contributed by atoms with Crippen molar-refractivity contribution in [1.29, 1.82) is 0 Å². The third-order valence-corrected chi connectivity index (χ3v) is 3.28. The van der Waals surface area contributed by atoms with Crippen molar-refractivity contribution in [3.63, 3.8) is 0 Å². The van der Waals surface area contributed by atoms with Crippen LogP contribution < -0.4 is 10.6 Å². The first-order valence-corrected chi connectivity index (χ1v) is 7.10. The summed E-state index contributed by atoms with van der Waals surface area (Å²) >= 11 is 0. The zero-order valence-electron chi connectivity index (χ0n) is 12.9. The minimum atomic E-state index is 0.109. The molecule has 0 aliphatic heterocycles. The van der Waals surface area contributed by atoms with Crippen molar-refractivity contribution in [2.45, 2.75) is 32.9 Å². The molecule has 0 radical (unpaired) electrons. The van der Waals surface area contributed by atoms with Gasteiger partial charge in [-0.1, -0.05) is 23.8 Å². The number of rotatable bonds is 6. The lowest BCUT2D eigenvalue weighted by molar-refractivity contribution is 0.950. The van der Waals surface area contributed by atoms with Gasteiger partial charge in [-0.05, 0) is 32.9 Å². The second-order valence-corrected chi connectivity index (χ2v) is 5.25. The molecule has 2 aromatic rings. The van der Waals surface area contributed by atoms with E-state index in [1.54, 1.807) is 0 Å². The van der Waals surface area contributed by atoms with Crippen LogP contribution in [0.3, 0.4) is 0 Å². The van der Waals surface area contributed by atoms with Crippen molar-refractivity contribution in [1.82, 2.24) is 9.97 Å². The molecule has 110 valence electrons. The molecule has 4 heteroatoms. The number of aryl methyl sites for hydroxylation is 1. The normalized spacial score (nSPS) is 13.5. The summed E-state index contributed by atoms with van der Waals surface area (Å²) in [5.74, 6) is 1.41. The maximum Gasteiger partial charge on any atom is 0.225 e. The SMILES string of the molecule is C=CC(C)Nc1nc(NC(C)C=C)c2cc(C)ccc2n1. The van der Waals surface area contributed by atoms with Crippen molar-refractivity contribution in [3.05, 3.63) is 49.1 Å². The summed E-state index contributed by atoms with van der Waals surface area (Å²) in [5.41, 5.74) is 2.09. The van der Waals surface area contributed by atoms with E-state index in [2.05, 4.69) is 52.8 Å². The second kappa shape index (κ2) is 6.39. The van der Waals surface area contributed by atoms with E-state index < -0.39 is 0 Å². The topological polar surface area (TPSA) is 49.8 Å². The van der Waals surface area contributed by atoms with Crippen LogP contribution >= 0.6 is 0 Å². The van der Waals surface area contributed by atoms with Crippen LogP contribution in [0.5, 0.6) is 0 Å². The van der Waals surface area contributed by atoms with E-state index in [1.165, 1.54) is 5.56 Å². The van der Waals surface area contributed by atoms with Crippen LogP contribution in [0.15, 0.2) is 43.5 Å². The number of aromatic nitrogens is 2. The molecule has 0 saturated carbocycles. The fourth-order valence-corrected chi connectivity index (χ4v) is 1.95. The molecule has 2 N–H and O–H groups in total. The van der Waals surface area contributed by atoms with E-state index in [4.69, 9.17) is 0 Å². The zero-order chi connectivity index (χ0) is 15.4. The summed E-state index contributed by atoms with van der Waals surface area (Å²) in [6, 6.07) is 6.40. The highest BCUT2D eigenvalue weighted by Gasteiger charge is 2.10. The van der Waals surface area contributed by atoms with E-state index in [-0.39, 0.29) is 12.1 Å². The van der Waals surface area contributed by atoms with Gasteiger partial charge >= 0.3 is 0 Å². The minimum absolute atomic E-state index is 0.109. The van der Waals surface area contributed by atoms with Gasteiger partial charge in [0, 0.05) is 17.5 Å². The van der Waals surface area contributed by atoms with Gasteiger partial charge in [0.1, 0.15) is 5.82 Å². The minimum Gasteiger partial charge on any atom is -0.363 e. The van der Waals surface area contributed by atoms with E-state index in [0.29, 0.717) is 5.95 Å². The number of fused-ring (bicyclic) bond motifs is 1. The lowest BCUT2D eigenvalue weighted by Gasteiger charge is -2.16. The molecule has 0 aliphatic rings. The lowest BCUT2D eigenvalue weighted by atomic mass is 10.1. The Kier molecular flexibility index (Phi) is 4.58. The fraction of sp³-hybridized carbons (Fsp3) is 0.294. The molecule has 1 aromatic heterocycles. The van der Waals surface area contributed by atoms with Crippen molar-refractivity contribution >= 4 is 22.7 Å². The predicted octanol–water partition coefficient (Wildman–Crippen LogP) is 3.91. The number of anilines is 2. The lowest BCUT2D eigenvalue weighted by Crippen LogP contribution is -2.17. The van der Waals surface area contributed by atoms with Crippen LogP contribution in [0.2, 0.25) is 0 Å². The molecule has 0 amide bonds. The molecule has 0 fully saturated rings. The average molecular weight is 282 g/mol. The van der Waals surface area contributed by atoms with Gasteiger partial charge < -0.3 is 10.6 Å². The molecule has 1 aromatic carbocycles. The van der Waals surface area contributed by atoms with Crippen molar-refractivity contribution in [2.75, 3.05) is 10.6 Å². The monoisotopic (exact) mass is 282 g/mol. The van der Waals surface area contributed by atoms with Gasteiger partial charge in [-0.2, -0.15) is 4.98 Å². The highest BCUT2D eigenvalue weighted by Crippen LogP contribution is 2.24. The highest BCUT2D eigenvalue weighted by molar-refractivity contribution is 5.90. The summed E-state index contributed by atoms with van der Waals surface area (Å²) in [6.07, 6.45) is 3.67. The third-order valence-electron chi connectivity index (χ3n) is 3.28. The Labute approximate surface area is 126 Å². The van der Waals surface area contributed by atoms with Gasteiger partial charge in [0.25, 0.3) is 0 Å². The van der Waals surface area contributed by atoms with E-state index in [0.717, 1.165) is 16.7 Å². The summed E-state index contributed by atoms with van der Waals surface area (Å²) in [7, 11) is 0. The Morgan fingerprint density at radius 2 is 1.71 bits per heavy atom. The smallest absolute Gasteiger partial charge is 0.225 e. The van der Waals surface area contributed by atoms with Gasteiger partial charge in [0.05, 0.1) is 5.52 Å². The molecule has 4 nitrogen and oxygen atoms in total. The first kappa shape index (κ1) is 15.0. The van der Waals surface area contributed by atoms with E-state index >= 15 is 0 Å². The Morgan fingerprint density at radius 3 is 2.38 bits per heavy atom. The second-order valence-electron chi connectivity index (χ2n) is 5.25. The van der Waals surface area contributed by atoms with Crippen molar-refractivity contribution < 1.29 is 0 Å². The van der Waals surface area contributed by atoms with Gasteiger partial charge in [-0.15, -0.1) is 13.2 Å². The van der Waals surface area contributed by atoms with Crippen LogP contribution in [0.25, 0.3) is 10.9 Å².